The summed E-state index contributed by atoms with van der Waals surface area (Å²) in [5, 5.41) is 11.7. The van der Waals surface area contributed by atoms with Gasteiger partial charge in [-0.15, -0.1) is 0 Å². The van der Waals surface area contributed by atoms with Gasteiger partial charge in [0.2, 0.25) is 0 Å². The van der Waals surface area contributed by atoms with Gasteiger partial charge in [-0.3, -0.25) is 4.79 Å². The van der Waals surface area contributed by atoms with E-state index in [1.54, 1.807) is 11.8 Å². The predicted molar refractivity (Wildman–Crippen MR) is 66.4 cm³/mol. The fourth-order valence-corrected chi connectivity index (χ4v) is 2.11. The lowest BCUT2D eigenvalue weighted by Gasteiger charge is -2.23. The quantitative estimate of drug-likeness (QED) is 0.719. The van der Waals surface area contributed by atoms with Crippen LogP contribution in [0.5, 0.6) is 0 Å². The van der Waals surface area contributed by atoms with E-state index in [0.717, 1.165) is 0 Å². The lowest BCUT2D eigenvalue weighted by atomic mass is 10.0. The Kier molecular flexibility index (Phi) is 5.40. The van der Waals surface area contributed by atoms with Crippen LogP contribution in [-0.4, -0.2) is 53.8 Å². The van der Waals surface area contributed by atoms with E-state index < -0.39 is 11.9 Å². The molecule has 0 saturated carbocycles. The highest BCUT2D eigenvalue weighted by molar-refractivity contribution is 5.78. The van der Waals surface area contributed by atoms with Crippen molar-refractivity contribution in [2.24, 2.45) is 5.92 Å². The molecule has 0 spiro atoms. The van der Waals surface area contributed by atoms with E-state index in [-0.39, 0.29) is 18.2 Å². The number of ether oxygens (including phenoxy) is 1. The molecule has 2 amide bonds. The Morgan fingerprint density at radius 2 is 2.17 bits per heavy atom. The first-order valence-corrected chi connectivity index (χ1v) is 6.32. The monoisotopic (exact) mass is 258 g/mol. The summed E-state index contributed by atoms with van der Waals surface area (Å²) >= 11 is 0. The van der Waals surface area contributed by atoms with E-state index in [4.69, 9.17) is 9.84 Å². The molecule has 0 aliphatic carbocycles. The molecule has 2 N–H and O–H groups in total. The van der Waals surface area contributed by atoms with Gasteiger partial charge in [0.1, 0.15) is 0 Å². The minimum atomic E-state index is -0.832. The van der Waals surface area contributed by atoms with Gasteiger partial charge in [0.25, 0.3) is 0 Å². The van der Waals surface area contributed by atoms with Crippen LogP contribution in [-0.2, 0) is 9.53 Å². The number of carboxylic acid groups (broad SMARTS) is 1. The van der Waals surface area contributed by atoms with E-state index in [1.165, 1.54) is 0 Å². The second-order valence-electron chi connectivity index (χ2n) is 4.82. The maximum absolute atomic E-state index is 11.8. The molecule has 0 aromatic heterocycles. The number of nitrogens with zero attached hydrogens (tertiary/aromatic N) is 1. The van der Waals surface area contributed by atoms with E-state index in [1.807, 2.05) is 13.8 Å². The van der Waals surface area contributed by atoms with Crippen LogP contribution in [0.2, 0.25) is 0 Å². The zero-order valence-corrected chi connectivity index (χ0v) is 11.2. The zero-order valence-electron chi connectivity index (χ0n) is 11.2. The van der Waals surface area contributed by atoms with Crippen molar-refractivity contribution >= 4 is 12.0 Å². The maximum atomic E-state index is 11.8. The summed E-state index contributed by atoms with van der Waals surface area (Å²) < 4.78 is 5.31. The van der Waals surface area contributed by atoms with Crippen molar-refractivity contribution in [3.05, 3.63) is 0 Å². The summed E-state index contributed by atoms with van der Waals surface area (Å²) in [4.78, 5) is 24.3. The molecule has 1 saturated heterocycles. The van der Waals surface area contributed by atoms with Crippen molar-refractivity contribution < 1.29 is 19.4 Å². The first-order valence-electron chi connectivity index (χ1n) is 6.32. The molecule has 6 heteroatoms. The van der Waals surface area contributed by atoms with Gasteiger partial charge in [-0.2, -0.15) is 0 Å². The molecule has 1 fully saturated rings. The molecule has 0 radical (unpaired) electrons. The molecule has 0 aromatic rings. The second kappa shape index (κ2) is 6.58. The van der Waals surface area contributed by atoms with E-state index in [2.05, 4.69) is 5.32 Å². The van der Waals surface area contributed by atoms with Crippen LogP contribution < -0.4 is 5.32 Å². The largest absolute Gasteiger partial charge is 0.481 e. The van der Waals surface area contributed by atoms with Gasteiger partial charge in [-0.25, -0.2) is 4.79 Å². The lowest BCUT2D eigenvalue weighted by molar-refractivity contribution is -0.142. The standard InChI is InChI=1S/C12H22N2O4/c1-8(2)18-7-5-13-12(17)14-6-4-10(9(14)3)11(15)16/h8-10H,4-7H2,1-3H3,(H,13,17)(H,15,16). The summed E-state index contributed by atoms with van der Waals surface area (Å²) in [6.45, 7) is 7.04. The minimum Gasteiger partial charge on any atom is -0.481 e. The highest BCUT2D eigenvalue weighted by atomic mass is 16.5. The number of aliphatic carboxylic acids is 1. The van der Waals surface area contributed by atoms with Gasteiger partial charge < -0.3 is 20.1 Å². The third-order valence-electron chi connectivity index (χ3n) is 3.16. The fourth-order valence-electron chi connectivity index (χ4n) is 2.11. The molecule has 1 aliphatic rings. The molecule has 104 valence electrons. The van der Waals surface area contributed by atoms with Crippen molar-refractivity contribution in [3.8, 4) is 0 Å². The highest BCUT2D eigenvalue weighted by Gasteiger charge is 2.37. The summed E-state index contributed by atoms with van der Waals surface area (Å²) in [5.74, 6) is -1.29. The van der Waals surface area contributed by atoms with Gasteiger partial charge in [0.05, 0.1) is 18.6 Å². The van der Waals surface area contributed by atoms with E-state index in [9.17, 15) is 9.59 Å². The fraction of sp³-hybridized carbons (Fsp3) is 0.833. The minimum absolute atomic E-state index is 0.143. The average molecular weight is 258 g/mol. The molecular formula is C12H22N2O4. The number of hydrogen-bond acceptors (Lipinski definition) is 3. The Morgan fingerprint density at radius 1 is 1.50 bits per heavy atom. The summed E-state index contributed by atoms with van der Waals surface area (Å²) in [7, 11) is 0. The van der Waals surface area contributed by atoms with Gasteiger partial charge in [0, 0.05) is 19.1 Å². The van der Waals surface area contributed by atoms with Crippen LogP contribution in [0.4, 0.5) is 4.79 Å². The molecule has 2 atom stereocenters. The van der Waals surface area contributed by atoms with Crippen LogP contribution >= 0.6 is 0 Å². The number of carbonyl (C=O) groups excluding carboxylic acids is 1. The number of carbonyl (C=O) groups is 2. The normalized spacial score (nSPS) is 23.4. The van der Waals surface area contributed by atoms with Gasteiger partial charge in [0.15, 0.2) is 0 Å². The summed E-state index contributed by atoms with van der Waals surface area (Å²) in [6, 6.07) is -0.466. The number of carboxylic acids is 1. The smallest absolute Gasteiger partial charge is 0.317 e. The second-order valence-corrected chi connectivity index (χ2v) is 4.82. The van der Waals surface area contributed by atoms with Gasteiger partial charge in [-0.1, -0.05) is 0 Å². The number of urea groups is 1. The van der Waals surface area contributed by atoms with Crippen LogP contribution in [0, 0.1) is 5.92 Å². The number of nitrogens with one attached hydrogen (secondary N) is 1. The Bertz CT molecular complexity index is 306. The third kappa shape index (κ3) is 3.87. The molecule has 18 heavy (non-hydrogen) atoms. The van der Waals surface area contributed by atoms with Crippen molar-refractivity contribution in [2.75, 3.05) is 19.7 Å². The molecule has 2 unspecified atom stereocenters. The molecule has 6 nitrogen and oxygen atoms in total. The summed E-state index contributed by atoms with van der Waals surface area (Å²) in [5.41, 5.74) is 0. The van der Waals surface area contributed by atoms with Crippen molar-refractivity contribution in [2.45, 2.75) is 39.3 Å². The van der Waals surface area contributed by atoms with Gasteiger partial charge in [-0.05, 0) is 27.2 Å². The van der Waals surface area contributed by atoms with E-state index >= 15 is 0 Å². The van der Waals surface area contributed by atoms with Crippen LogP contribution in [0.3, 0.4) is 0 Å². The van der Waals surface area contributed by atoms with Crippen LogP contribution in [0.25, 0.3) is 0 Å². The van der Waals surface area contributed by atoms with Crippen LogP contribution in [0.15, 0.2) is 0 Å². The van der Waals surface area contributed by atoms with Crippen molar-refractivity contribution in [1.29, 1.82) is 0 Å². The molecule has 1 rings (SSSR count). The average Bonchev–Trinajstić information content (AvgIpc) is 2.66. The molecular weight excluding hydrogens is 236 g/mol. The SMILES string of the molecule is CC(C)OCCNC(=O)N1CCC(C(=O)O)C1C. The maximum Gasteiger partial charge on any atom is 0.317 e. The lowest BCUT2D eigenvalue weighted by Crippen LogP contribution is -2.44. The Balaban J connectivity index is 2.32. The molecule has 1 heterocycles. The first-order chi connectivity index (χ1) is 8.43. The highest BCUT2D eigenvalue weighted by Crippen LogP contribution is 2.23. The number of rotatable bonds is 5. The Morgan fingerprint density at radius 3 is 2.67 bits per heavy atom. The zero-order chi connectivity index (χ0) is 13.7. The topological polar surface area (TPSA) is 78.9 Å². The van der Waals surface area contributed by atoms with Gasteiger partial charge >= 0.3 is 12.0 Å². The third-order valence-corrected chi connectivity index (χ3v) is 3.16. The number of amides is 2. The van der Waals surface area contributed by atoms with Crippen molar-refractivity contribution in [3.63, 3.8) is 0 Å². The summed E-state index contributed by atoms with van der Waals surface area (Å²) in [6.07, 6.45) is 0.663. The van der Waals surface area contributed by atoms with Crippen LogP contribution in [0.1, 0.15) is 27.2 Å². The molecule has 0 bridgehead atoms. The van der Waals surface area contributed by atoms with E-state index in [0.29, 0.717) is 26.1 Å². The van der Waals surface area contributed by atoms with Crippen molar-refractivity contribution in [1.82, 2.24) is 10.2 Å². The Labute approximate surface area is 107 Å². The first kappa shape index (κ1) is 14.8. The number of likely N-dealkylation sites (tertiary alicyclic amines) is 1. The predicted octanol–water partition coefficient (Wildman–Crippen LogP) is 0.916. The molecule has 0 aromatic carbocycles. The molecule has 1 aliphatic heterocycles. The number of hydrogen-bond donors (Lipinski definition) is 2. The Hall–Kier alpha value is -1.30.